The van der Waals surface area contributed by atoms with Crippen molar-refractivity contribution in [2.24, 2.45) is 0 Å². The number of anilines is 1. The van der Waals surface area contributed by atoms with E-state index in [1.165, 1.54) is 6.26 Å². The molecule has 0 amide bonds. The third-order valence-corrected chi connectivity index (χ3v) is 3.78. The fraction of sp³-hybridized carbons (Fsp3) is 0.214. The number of fused-ring (bicyclic) bond motifs is 1. The van der Waals surface area contributed by atoms with Gasteiger partial charge in [-0.1, -0.05) is 24.3 Å². The van der Waals surface area contributed by atoms with E-state index in [0.717, 1.165) is 16.5 Å². The summed E-state index contributed by atoms with van der Waals surface area (Å²) in [6.45, 7) is 0.356. The molecule has 0 saturated heterocycles. The van der Waals surface area contributed by atoms with Gasteiger partial charge in [0.1, 0.15) is 9.84 Å². The number of rotatable bonds is 4. The standard InChI is InChI=1S/C14H14N2O2S/c1-19(17,18)9-8-16-14-7-6-11(10-15)12-4-2-3-5-13(12)14/h2-7,16H,8-9H2,1H3. The van der Waals surface area contributed by atoms with Crippen LogP contribution in [-0.2, 0) is 9.84 Å². The molecular weight excluding hydrogens is 260 g/mol. The molecule has 2 aromatic rings. The Morgan fingerprint density at radius 2 is 1.84 bits per heavy atom. The zero-order chi connectivity index (χ0) is 13.9. The minimum absolute atomic E-state index is 0.0847. The van der Waals surface area contributed by atoms with Crippen molar-refractivity contribution in [3.63, 3.8) is 0 Å². The lowest BCUT2D eigenvalue weighted by atomic mass is 10.0. The topological polar surface area (TPSA) is 70.0 Å². The summed E-state index contributed by atoms with van der Waals surface area (Å²) >= 11 is 0. The monoisotopic (exact) mass is 274 g/mol. The Bertz CT molecular complexity index is 746. The van der Waals surface area contributed by atoms with E-state index in [9.17, 15) is 8.42 Å². The molecule has 98 valence electrons. The lowest BCUT2D eigenvalue weighted by Gasteiger charge is -2.10. The van der Waals surface area contributed by atoms with E-state index < -0.39 is 9.84 Å². The van der Waals surface area contributed by atoms with Crippen LogP contribution in [0, 0.1) is 11.3 Å². The molecule has 1 N–H and O–H groups in total. The molecule has 0 fully saturated rings. The molecule has 0 aromatic heterocycles. The first-order valence-corrected chi connectivity index (χ1v) is 7.91. The molecule has 0 heterocycles. The second kappa shape index (κ2) is 5.29. The smallest absolute Gasteiger partial charge is 0.149 e. The van der Waals surface area contributed by atoms with Gasteiger partial charge in [0.25, 0.3) is 0 Å². The van der Waals surface area contributed by atoms with Crippen molar-refractivity contribution in [3.05, 3.63) is 42.0 Å². The van der Waals surface area contributed by atoms with Crippen LogP contribution < -0.4 is 5.32 Å². The largest absolute Gasteiger partial charge is 0.384 e. The Labute approximate surface area is 112 Å². The van der Waals surface area contributed by atoms with Crippen LogP contribution in [-0.4, -0.2) is 27.0 Å². The molecule has 0 bridgehead atoms. The van der Waals surface area contributed by atoms with Gasteiger partial charge in [0.05, 0.1) is 17.4 Å². The summed E-state index contributed by atoms with van der Waals surface area (Å²) in [6, 6.07) is 13.3. The van der Waals surface area contributed by atoms with Crippen molar-refractivity contribution < 1.29 is 8.42 Å². The summed E-state index contributed by atoms with van der Waals surface area (Å²) in [4.78, 5) is 0. The van der Waals surface area contributed by atoms with Crippen LogP contribution in [0.2, 0.25) is 0 Å². The van der Waals surface area contributed by atoms with Gasteiger partial charge in [-0.05, 0) is 12.1 Å². The van der Waals surface area contributed by atoms with Crippen LogP contribution in [0.4, 0.5) is 5.69 Å². The summed E-state index contributed by atoms with van der Waals surface area (Å²) in [7, 11) is -2.98. The Morgan fingerprint density at radius 3 is 2.47 bits per heavy atom. The minimum Gasteiger partial charge on any atom is -0.384 e. The van der Waals surface area contributed by atoms with Gasteiger partial charge in [-0.2, -0.15) is 5.26 Å². The van der Waals surface area contributed by atoms with E-state index in [4.69, 9.17) is 5.26 Å². The SMILES string of the molecule is CS(=O)(=O)CCNc1ccc(C#N)c2ccccc12. The predicted octanol–water partition coefficient (Wildman–Crippen LogP) is 2.17. The first kappa shape index (κ1) is 13.4. The average molecular weight is 274 g/mol. The molecule has 4 nitrogen and oxygen atoms in total. The first-order valence-electron chi connectivity index (χ1n) is 5.85. The Morgan fingerprint density at radius 1 is 1.16 bits per heavy atom. The van der Waals surface area contributed by atoms with E-state index in [1.807, 2.05) is 30.3 Å². The molecule has 0 atom stereocenters. The zero-order valence-electron chi connectivity index (χ0n) is 10.6. The maximum atomic E-state index is 11.1. The van der Waals surface area contributed by atoms with Crippen LogP contribution in [0.25, 0.3) is 10.8 Å². The second-order valence-corrected chi connectivity index (χ2v) is 6.63. The molecule has 19 heavy (non-hydrogen) atoms. The lowest BCUT2D eigenvalue weighted by molar-refractivity contribution is 0.602. The van der Waals surface area contributed by atoms with Crippen molar-refractivity contribution >= 4 is 26.3 Å². The van der Waals surface area contributed by atoms with Gasteiger partial charge >= 0.3 is 0 Å². The van der Waals surface area contributed by atoms with E-state index >= 15 is 0 Å². The Kier molecular flexibility index (Phi) is 3.72. The Balaban J connectivity index is 2.33. The number of benzene rings is 2. The van der Waals surface area contributed by atoms with Gasteiger partial charge in [0.2, 0.25) is 0 Å². The van der Waals surface area contributed by atoms with Gasteiger partial charge in [-0.25, -0.2) is 8.42 Å². The van der Waals surface area contributed by atoms with Crippen LogP contribution >= 0.6 is 0 Å². The molecule has 0 radical (unpaired) electrons. The maximum Gasteiger partial charge on any atom is 0.149 e. The summed E-state index contributed by atoms with van der Waals surface area (Å²) in [5.74, 6) is 0.0847. The van der Waals surface area contributed by atoms with Crippen molar-refractivity contribution in [3.8, 4) is 6.07 Å². The summed E-state index contributed by atoms with van der Waals surface area (Å²) in [5.41, 5.74) is 1.46. The molecule has 0 aliphatic heterocycles. The fourth-order valence-corrected chi connectivity index (χ4v) is 2.39. The van der Waals surface area contributed by atoms with Crippen molar-refractivity contribution in [1.29, 1.82) is 5.26 Å². The first-order chi connectivity index (χ1) is 9.01. The highest BCUT2D eigenvalue weighted by molar-refractivity contribution is 7.90. The Hall–Kier alpha value is -2.06. The summed E-state index contributed by atoms with van der Waals surface area (Å²) in [5, 5.41) is 14.0. The maximum absolute atomic E-state index is 11.1. The molecule has 0 aliphatic rings. The minimum atomic E-state index is -2.98. The molecule has 0 unspecified atom stereocenters. The van der Waals surface area contributed by atoms with E-state index in [2.05, 4.69) is 11.4 Å². The molecule has 2 rings (SSSR count). The van der Waals surface area contributed by atoms with Gasteiger partial charge in [0, 0.05) is 29.3 Å². The number of nitriles is 1. The van der Waals surface area contributed by atoms with Crippen LogP contribution in [0.1, 0.15) is 5.56 Å². The second-order valence-electron chi connectivity index (χ2n) is 4.37. The molecule has 5 heteroatoms. The summed E-state index contributed by atoms with van der Waals surface area (Å²) in [6.07, 6.45) is 1.21. The van der Waals surface area contributed by atoms with Crippen LogP contribution in [0.15, 0.2) is 36.4 Å². The molecule has 0 aliphatic carbocycles. The highest BCUT2D eigenvalue weighted by atomic mass is 32.2. The highest BCUT2D eigenvalue weighted by Gasteiger charge is 2.06. The number of sulfone groups is 1. The van der Waals surface area contributed by atoms with Crippen LogP contribution in [0.5, 0.6) is 0 Å². The number of hydrogen-bond acceptors (Lipinski definition) is 4. The fourth-order valence-electron chi connectivity index (χ4n) is 1.92. The average Bonchev–Trinajstić information content (AvgIpc) is 2.37. The van der Waals surface area contributed by atoms with Crippen LogP contribution in [0.3, 0.4) is 0 Å². The van der Waals surface area contributed by atoms with Gasteiger partial charge in [0.15, 0.2) is 0 Å². The van der Waals surface area contributed by atoms with Crippen molar-refractivity contribution in [2.45, 2.75) is 0 Å². The predicted molar refractivity (Wildman–Crippen MR) is 76.9 cm³/mol. The lowest BCUT2D eigenvalue weighted by Crippen LogP contribution is -2.14. The van der Waals surface area contributed by atoms with E-state index in [1.54, 1.807) is 6.07 Å². The van der Waals surface area contributed by atoms with Crippen molar-refractivity contribution in [1.82, 2.24) is 0 Å². The highest BCUT2D eigenvalue weighted by Crippen LogP contribution is 2.26. The van der Waals surface area contributed by atoms with E-state index in [0.29, 0.717) is 12.1 Å². The molecule has 0 spiro atoms. The molecule has 0 saturated carbocycles. The third kappa shape index (κ3) is 3.24. The van der Waals surface area contributed by atoms with Gasteiger partial charge in [-0.15, -0.1) is 0 Å². The molecule has 2 aromatic carbocycles. The van der Waals surface area contributed by atoms with Crippen molar-refractivity contribution in [2.75, 3.05) is 23.9 Å². The quantitative estimate of drug-likeness (QED) is 0.927. The number of hydrogen-bond donors (Lipinski definition) is 1. The normalized spacial score (nSPS) is 11.2. The van der Waals surface area contributed by atoms with Gasteiger partial charge in [-0.3, -0.25) is 0 Å². The zero-order valence-corrected chi connectivity index (χ0v) is 11.4. The molecular formula is C14H14N2O2S. The summed E-state index contributed by atoms with van der Waals surface area (Å²) < 4.78 is 22.2. The van der Waals surface area contributed by atoms with E-state index in [-0.39, 0.29) is 5.75 Å². The number of nitrogens with zero attached hydrogens (tertiary/aromatic N) is 1. The third-order valence-electron chi connectivity index (χ3n) is 2.83. The number of nitrogens with one attached hydrogen (secondary N) is 1. The van der Waals surface area contributed by atoms with Gasteiger partial charge < -0.3 is 5.32 Å².